The fraction of sp³-hybridized carbons (Fsp3) is 0.0909. The summed E-state index contributed by atoms with van der Waals surface area (Å²) < 4.78 is 9.01. The van der Waals surface area contributed by atoms with Gasteiger partial charge in [0.2, 0.25) is 5.91 Å². The molecule has 0 spiro atoms. The number of hydrogen-bond donors (Lipinski definition) is 1. The molecule has 1 aliphatic heterocycles. The summed E-state index contributed by atoms with van der Waals surface area (Å²) in [5.41, 5.74) is 1.75. The average molecular weight is 765 g/mol. The van der Waals surface area contributed by atoms with Crippen LogP contribution in [0.4, 0.5) is 5.69 Å². The zero-order chi connectivity index (χ0) is 24.9. The summed E-state index contributed by atoms with van der Waals surface area (Å²) in [6.45, 7) is 0.329. The highest BCUT2D eigenvalue weighted by molar-refractivity contribution is 9.15. The fourth-order valence-electron chi connectivity index (χ4n) is 3.45. The van der Waals surface area contributed by atoms with Crippen LogP contribution in [0.1, 0.15) is 26.5 Å². The van der Waals surface area contributed by atoms with Gasteiger partial charge in [0, 0.05) is 17.9 Å². The molecule has 2 aromatic heterocycles. The molecule has 7 nitrogen and oxygen atoms in total. The summed E-state index contributed by atoms with van der Waals surface area (Å²) >= 11 is 16.5. The van der Waals surface area contributed by atoms with Crippen LogP contribution in [-0.4, -0.2) is 28.5 Å². The van der Waals surface area contributed by atoms with E-state index in [0.717, 1.165) is 15.1 Å². The molecule has 0 saturated heterocycles. The summed E-state index contributed by atoms with van der Waals surface area (Å²) in [5, 5.41) is 2.80. The van der Waals surface area contributed by atoms with Gasteiger partial charge in [0.05, 0.1) is 45.6 Å². The van der Waals surface area contributed by atoms with E-state index in [1.165, 1.54) is 23.1 Å². The van der Waals surface area contributed by atoms with Crippen LogP contribution in [0, 0.1) is 0 Å². The topological polar surface area (TPSA) is 92.5 Å². The minimum atomic E-state index is -0.419. The van der Waals surface area contributed by atoms with Gasteiger partial charge < -0.3 is 9.73 Å². The van der Waals surface area contributed by atoms with E-state index in [-0.39, 0.29) is 22.8 Å². The van der Waals surface area contributed by atoms with Crippen molar-refractivity contribution in [2.75, 3.05) is 10.7 Å². The molecular formula is C22H11Br4N3O4S2. The van der Waals surface area contributed by atoms with Crippen molar-refractivity contribution in [2.24, 2.45) is 0 Å². The van der Waals surface area contributed by atoms with Crippen LogP contribution in [0.5, 0.6) is 0 Å². The molecule has 5 rings (SSSR count). The maximum Gasteiger partial charge on any atom is 0.267 e. The van der Waals surface area contributed by atoms with Gasteiger partial charge in [-0.25, -0.2) is 9.88 Å². The first-order chi connectivity index (χ1) is 16.8. The molecule has 2 aromatic carbocycles. The molecule has 1 aliphatic rings. The van der Waals surface area contributed by atoms with Crippen molar-refractivity contribution in [3.05, 3.63) is 71.4 Å². The number of thioether (sulfide) groups is 1. The molecular weight excluding hydrogens is 754 g/mol. The molecule has 0 fully saturated rings. The number of nitrogens with one attached hydrogen (secondary N) is 1. The number of fused-ring (bicyclic) bond motifs is 2. The lowest BCUT2D eigenvalue weighted by Gasteiger charge is -2.13. The van der Waals surface area contributed by atoms with Crippen molar-refractivity contribution >= 4 is 120 Å². The lowest BCUT2D eigenvalue weighted by atomic mass is 10.1. The highest BCUT2D eigenvalue weighted by atomic mass is 79.9. The number of halogens is 4. The van der Waals surface area contributed by atoms with Crippen molar-refractivity contribution < 1.29 is 18.8 Å². The highest BCUT2D eigenvalue weighted by Crippen LogP contribution is 2.46. The Morgan fingerprint density at radius 2 is 1.71 bits per heavy atom. The second-order valence-corrected chi connectivity index (χ2v) is 12.7. The van der Waals surface area contributed by atoms with Crippen LogP contribution in [0.15, 0.2) is 63.2 Å². The Bertz CT molecular complexity index is 1470. The Labute approximate surface area is 240 Å². The number of benzene rings is 2. The van der Waals surface area contributed by atoms with Gasteiger partial charge in [-0.3, -0.25) is 14.4 Å². The molecule has 178 valence electrons. The summed E-state index contributed by atoms with van der Waals surface area (Å²) in [6, 6.07) is 8.79. The molecule has 0 bridgehead atoms. The summed E-state index contributed by atoms with van der Waals surface area (Å²) in [6.07, 6.45) is 1.56. The minimum Gasteiger partial charge on any atom is -0.467 e. The van der Waals surface area contributed by atoms with Crippen LogP contribution in [0.25, 0.3) is 10.2 Å². The van der Waals surface area contributed by atoms with Gasteiger partial charge in [0.1, 0.15) is 5.76 Å². The van der Waals surface area contributed by atoms with Crippen LogP contribution < -0.4 is 10.2 Å². The number of furan rings is 1. The summed E-state index contributed by atoms with van der Waals surface area (Å²) in [5.74, 6) is -0.0824. The number of amides is 3. The summed E-state index contributed by atoms with van der Waals surface area (Å²) in [7, 11) is 0. The Morgan fingerprint density at radius 1 is 1.03 bits per heavy atom. The van der Waals surface area contributed by atoms with Gasteiger partial charge in [-0.05, 0) is 94.1 Å². The van der Waals surface area contributed by atoms with Crippen molar-refractivity contribution in [2.45, 2.75) is 10.9 Å². The number of thiazole rings is 1. The number of hydrogen-bond acceptors (Lipinski definition) is 7. The molecule has 0 unspecified atom stereocenters. The number of carbonyl (C=O) groups excluding carboxylic acids is 3. The molecule has 0 saturated carbocycles. The first-order valence-electron chi connectivity index (χ1n) is 9.83. The third-order valence-electron chi connectivity index (χ3n) is 5.08. The Kier molecular flexibility index (Phi) is 7.26. The van der Waals surface area contributed by atoms with Crippen LogP contribution in [0.3, 0.4) is 0 Å². The molecule has 0 radical (unpaired) electrons. The normalized spacial score (nSPS) is 13.1. The van der Waals surface area contributed by atoms with E-state index >= 15 is 0 Å². The highest BCUT2D eigenvalue weighted by Gasteiger charge is 2.42. The molecule has 35 heavy (non-hydrogen) atoms. The SMILES string of the molecule is O=C(CSc1nc2ccc(N3C(=O)c4c(Br)c(Br)c(Br)c(Br)c4C3=O)cc2s1)NCc1ccco1. The van der Waals surface area contributed by atoms with Crippen LogP contribution in [0.2, 0.25) is 0 Å². The van der Waals surface area contributed by atoms with Gasteiger partial charge in [-0.15, -0.1) is 11.3 Å². The monoisotopic (exact) mass is 761 g/mol. The van der Waals surface area contributed by atoms with E-state index < -0.39 is 11.8 Å². The number of rotatable bonds is 6. The largest absolute Gasteiger partial charge is 0.467 e. The zero-order valence-corrected chi connectivity index (χ0v) is 25.2. The first kappa shape index (κ1) is 25.2. The van der Waals surface area contributed by atoms with Crippen molar-refractivity contribution in [3.8, 4) is 0 Å². The van der Waals surface area contributed by atoms with Gasteiger partial charge in [-0.1, -0.05) is 11.8 Å². The maximum atomic E-state index is 13.3. The molecule has 0 aliphatic carbocycles. The van der Waals surface area contributed by atoms with Crippen molar-refractivity contribution in [1.82, 2.24) is 10.3 Å². The van der Waals surface area contributed by atoms with Gasteiger partial charge >= 0.3 is 0 Å². The fourth-order valence-corrected chi connectivity index (χ4v) is 7.84. The molecule has 13 heteroatoms. The zero-order valence-electron chi connectivity index (χ0n) is 17.2. The Morgan fingerprint density at radius 3 is 2.34 bits per heavy atom. The quantitative estimate of drug-likeness (QED) is 0.0972. The second-order valence-electron chi connectivity index (χ2n) is 7.23. The standard InChI is InChI=1S/C22H11Br4N3O4S2/c23-16-14-15(17(24)19(26)18(16)25)21(32)29(20(14)31)9-3-4-11-12(6-9)35-22(28-11)34-8-13(30)27-7-10-2-1-5-33-10/h1-6H,7-8H2,(H,27,30). The Hall–Kier alpha value is -1.51. The van der Waals surface area contributed by atoms with E-state index in [1.54, 1.807) is 36.6 Å². The average Bonchev–Trinajstić information content (AvgIpc) is 3.56. The lowest BCUT2D eigenvalue weighted by Crippen LogP contribution is -2.29. The second kappa shape index (κ2) is 10.1. The smallest absolute Gasteiger partial charge is 0.267 e. The van der Waals surface area contributed by atoms with Crippen LogP contribution >= 0.6 is 86.8 Å². The van der Waals surface area contributed by atoms with E-state index in [1.807, 2.05) is 0 Å². The Balaban J connectivity index is 1.35. The lowest BCUT2D eigenvalue weighted by molar-refractivity contribution is -0.118. The third kappa shape index (κ3) is 4.66. The number of nitrogens with zero attached hydrogens (tertiary/aromatic N) is 2. The molecule has 4 aromatic rings. The molecule has 3 heterocycles. The maximum absolute atomic E-state index is 13.3. The number of anilines is 1. The number of imide groups is 1. The predicted octanol–water partition coefficient (Wildman–Crippen LogP) is 7.15. The molecule has 3 amide bonds. The minimum absolute atomic E-state index is 0.133. The number of aromatic nitrogens is 1. The van der Waals surface area contributed by atoms with Gasteiger partial charge in [0.25, 0.3) is 11.8 Å². The molecule has 1 N–H and O–H groups in total. The predicted molar refractivity (Wildman–Crippen MR) is 149 cm³/mol. The molecule has 0 atom stereocenters. The van der Waals surface area contributed by atoms with Gasteiger partial charge in [-0.2, -0.15) is 0 Å². The van der Waals surface area contributed by atoms with Crippen molar-refractivity contribution in [3.63, 3.8) is 0 Å². The third-order valence-corrected chi connectivity index (χ3v) is 12.0. The van der Waals surface area contributed by atoms with E-state index in [4.69, 9.17) is 4.42 Å². The summed E-state index contributed by atoms with van der Waals surface area (Å²) in [4.78, 5) is 44.4. The van der Waals surface area contributed by atoms with Crippen molar-refractivity contribution in [1.29, 1.82) is 0 Å². The first-order valence-corrected chi connectivity index (χ1v) is 14.8. The van der Waals surface area contributed by atoms with Gasteiger partial charge in [0.15, 0.2) is 4.34 Å². The van der Waals surface area contributed by atoms with Crippen LogP contribution in [-0.2, 0) is 11.3 Å². The van der Waals surface area contributed by atoms with E-state index in [0.29, 0.717) is 40.2 Å². The van der Waals surface area contributed by atoms with E-state index in [2.05, 4.69) is 74.0 Å². The number of carbonyl (C=O) groups is 3. The van der Waals surface area contributed by atoms with E-state index in [9.17, 15) is 14.4 Å².